The van der Waals surface area contributed by atoms with E-state index in [9.17, 15) is 0 Å². The quantitative estimate of drug-likeness (QED) is 0.725. The number of hydrogen-bond donors (Lipinski definition) is 2. The van der Waals surface area contributed by atoms with E-state index in [1.165, 1.54) is 0 Å². The first kappa shape index (κ1) is 13.3. The largest absolute Gasteiger partial charge is 0.457 e. The lowest BCUT2D eigenvalue weighted by Crippen LogP contribution is -2.13. The van der Waals surface area contributed by atoms with Gasteiger partial charge in [0.25, 0.3) is 0 Å². The van der Waals surface area contributed by atoms with Crippen LogP contribution < -0.4 is 10.1 Å². The Bertz CT molecular complexity index is 670. The van der Waals surface area contributed by atoms with Gasteiger partial charge in [-0.25, -0.2) is 0 Å². The molecule has 3 rings (SSSR count). The molecule has 106 valence electrons. The van der Waals surface area contributed by atoms with Gasteiger partial charge in [-0.05, 0) is 29.8 Å². The number of nitrogens with zero attached hydrogens (tertiary/aromatic N) is 3. The Labute approximate surface area is 122 Å². The van der Waals surface area contributed by atoms with Gasteiger partial charge in [-0.3, -0.25) is 0 Å². The maximum atomic E-state index is 5.80. The summed E-state index contributed by atoms with van der Waals surface area (Å²) < 4.78 is 5.80. The highest BCUT2D eigenvalue weighted by Crippen LogP contribution is 2.21. The molecule has 0 aliphatic carbocycles. The summed E-state index contributed by atoms with van der Waals surface area (Å²) in [4.78, 5) is 0. The molecule has 1 heterocycles. The normalized spacial score (nSPS) is 10.5. The third-order valence-corrected chi connectivity index (χ3v) is 2.88. The minimum atomic E-state index is 0.570. The fourth-order valence-corrected chi connectivity index (χ4v) is 1.92. The molecule has 0 saturated carbocycles. The van der Waals surface area contributed by atoms with Crippen molar-refractivity contribution in [2.75, 3.05) is 0 Å². The fourth-order valence-electron chi connectivity index (χ4n) is 1.92. The molecule has 0 fully saturated rings. The van der Waals surface area contributed by atoms with Crippen molar-refractivity contribution in [3.63, 3.8) is 0 Å². The predicted molar refractivity (Wildman–Crippen MR) is 77.7 cm³/mol. The molecule has 21 heavy (non-hydrogen) atoms. The van der Waals surface area contributed by atoms with Crippen LogP contribution in [-0.2, 0) is 13.1 Å². The summed E-state index contributed by atoms with van der Waals surface area (Å²) in [6.07, 6.45) is 0. The smallest absolute Gasteiger partial charge is 0.188 e. The average Bonchev–Trinajstić information content (AvgIpc) is 3.02. The van der Waals surface area contributed by atoms with Crippen molar-refractivity contribution in [3.8, 4) is 11.5 Å². The third kappa shape index (κ3) is 3.87. The van der Waals surface area contributed by atoms with Crippen LogP contribution in [-0.4, -0.2) is 20.6 Å². The summed E-state index contributed by atoms with van der Waals surface area (Å²) in [6.45, 7) is 1.28. The van der Waals surface area contributed by atoms with E-state index in [1.807, 2.05) is 54.6 Å². The van der Waals surface area contributed by atoms with Gasteiger partial charge in [0.15, 0.2) is 5.82 Å². The monoisotopic (exact) mass is 281 g/mol. The first-order valence-electron chi connectivity index (χ1n) is 6.65. The summed E-state index contributed by atoms with van der Waals surface area (Å²) in [6, 6.07) is 17.7. The number of aromatic nitrogens is 4. The summed E-state index contributed by atoms with van der Waals surface area (Å²) in [5, 5.41) is 17.0. The SMILES string of the molecule is c1ccc(Oc2cccc(CNCc3nn[nH]n3)c2)cc1. The van der Waals surface area contributed by atoms with Crippen molar-refractivity contribution < 1.29 is 4.74 Å². The molecular weight excluding hydrogens is 266 g/mol. The van der Waals surface area contributed by atoms with E-state index >= 15 is 0 Å². The second-order valence-corrected chi connectivity index (χ2v) is 4.49. The average molecular weight is 281 g/mol. The van der Waals surface area contributed by atoms with Crippen LogP contribution in [0.4, 0.5) is 0 Å². The second kappa shape index (κ2) is 6.62. The lowest BCUT2D eigenvalue weighted by molar-refractivity contribution is 0.481. The molecule has 0 bridgehead atoms. The van der Waals surface area contributed by atoms with Crippen molar-refractivity contribution in [1.82, 2.24) is 25.9 Å². The van der Waals surface area contributed by atoms with Crippen molar-refractivity contribution in [2.24, 2.45) is 0 Å². The van der Waals surface area contributed by atoms with Crippen LogP contribution in [0, 0.1) is 0 Å². The van der Waals surface area contributed by atoms with E-state index < -0.39 is 0 Å². The van der Waals surface area contributed by atoms with Gasteiger partial charge in [0.2, 0.25) is 0 Å². The molecule has 3 aromatic rings. The van der Waals surface area contributed by atoms with Crippen molar-refractivity contribution in [3.05, 3.63) is 66.0 Å². The first-order chi connectivity index (χ1) is 10.4. The first-order valence-corrected chi connectivity index (χ1v) is 6.65. The molecule has 6 nitrogen and oxygen atoms in total. The van der Waals surface area contributed by atoms with Crippen LogP contribution in [0.5, 0.6) is 11.5 Å². The van der Waals surface area contributed by atoms with Crippen LogP contribution in [0.15, 0.2) is 54.6 Å². The van der Waals surface area contributed by atoms with Gasteiger partial charge in [-0.2, -0.15) is 5.21 Å². The number of H-pyrrole nitrogens is 1. The minimum Gasteiger partial charge on any atom is -0.457 e. The van der Waals surface area contributed by atoms with Crippen LogP contribution in [0.1, 0.15) is 11.4 Å². The topological polar surface area (TPSA) is 75.7 Å². The lowest BCUT2D eigenvalue weighted by Gasteiger charge is -2.08. The Hall–Kier alpha value is -2.73. The summed E-state index contributed by atoms with van der Waals surface area (Å²) in [7, 11) is 0. The van der Waals surface area contributed by atoms with Crippen molar-refractivity contribution >= 4 is 0 Å². The zero-order valence-corrected chi connectivity index (χ0v) is 11.4. The molecule has 2 aromatic carbocycles. The minimum absolute atomic E-state index is 0.570. The van der Waals surface area contributed by atoms with Gasteiger partial charge < -0.3 is 10.1 Å². The van der Waals surface area contributed by atoms with E-state index in [4.69, 9.17) is 4.74 Å². The fraction of sp³-hybridized carbons (Fsp3) is 0.133. The predicted octanol–water partition coefficient (Wildman–Crippen LogP) is 2.28. The molecule has 6 heteroatoms. The highest BCUT2D eigenvalue weighted by atomic mass is 16.5. The number of aromatic amines is 1. The molecule has 0 radical (unpaired) electrons. The Morgan fingerprint density at radius 1 is 0.952 bits per heavy atom. The number of rotatable bonds is 6. The van der Waals surface area contributed by atoms with Gasteiger partial charge in [-0.1, -0.05) is 35.5 Å². The summed E-state index contributed by atoms with van der Waals surface area (Å²) in [5.41, 5.74) is 1.13. The van der Waals surface area contributed by atoms with Gasteiger partial charge in [0.1, 0.15) is 11.5 Å². The number of nitrogens with one attached hydrogen (secondary N) is 2. The van der Waals surface area contributed by atoms with Crippen molar-refractivity contribution in [2.45, 2.75) is 13.1 Å². The number of hydrogen-bond acceptors (Lipinski definition) is 5. The highest BCUT2D eigenvalue weighted by Gasteiger charge is 2.00. The Kier molecular flexibility index (Phi) is 4.18. The zero-order chi connectivity index (χ0) is 14.3. The molecule has 0 spiro atoms. The Balaban J connectivity index is 1.58. The number of para-hydroxylation sites is 1. The molecule has 0 unspecified atom stereocenters. The van der Waals surface area contributed by atoms with E-state index in [1.54, 1.807) is 0 Å². The van der Waals surface area contributed by atoms with E-state index in [0.29, 0.717) is 18.9 Å². The number of benzene rings is 2. The third-order valence-electron chi connectivity index (χ3n) is 2.88. The van der Waals surface area contributed by atoms with Crippen LogP contribution in [0.2, 0.25) is 0 Å². The van der Waals surface area contributed by atoms with Crippen LogP contribution in [0.25, 0.3) is 0 Å². The van der Waals surface area contributed by atoms with E-state index in [0.717, 1.165) is 17.1 Å². The van der Waals surface area contributed by atoms with Gasteiger partial charge in [-0.15, -0.1) is 10.2 Å². The molecule has 0 atom stereocenters. The van der Waals surface area contributed by atoms with Gasteiger partial charge in [0, 0.05) is 6.54 Å². The molecule has 0 aliphatic heterocycles. The molecule has 0 aliphatic rings. The van der Waals surface area contributed by atoms with Gasteiger partial charge in [0.05, 0.1) is 6.54 Å². The van der Waals surface area contributed by atoms with E-state index in [2.05, 4.69) is 25.9 Å². The Morgan fingerprint density at radius 3 is 2.62 bits per heavy atom. The highest BCUT2D eigenvalue weighted by molar-refractivity contribution is 5.33. The zero-order valence-electron chi connectivity index (χ0n) is 11.4. The summed E-state index contributed by atoms with van der Waals surface area (Å²) in [5.74, 6) is 2.29. The second-order valence-electron chi connectivity index (χ2n) is 4.49. The maximum Gasteiger partial charge on any atom is 0.188 e. The molecule has 0 amide bonds. The molecule has 1 aromatic heterocycles. The number of tetrazole rings is 1. The van der Waals surface area contributed by atoms with Crippen LogP contribution in [0.3, 0.4) is 0 Å². The summed E-state index contributed by atoms with van der Waals surface area (Å²) >= 11 is 0. The maximum absolute atomic E-state index is 5.80. The van der Waals surface area contributed by atoms with Crippen molar-refractivity contribution in [1.29, 1.82) is 0 Å². The molecular formula is C15H15N5O. The van der Waals surface area contributed by atoms with E-state index in [-0.39, 0.29) is 0 Å². The molecule has 0 saturated heterocycles. The standard InChI is InChI=1S/C15H15N5O/c1-2-6-13(7-3-1)21-14-8-4-5-12(9-14)10-16-11-15-17-19-20-18-15/h1-9,16H,10-11H2,(H,17,18,19,20). The Morgan fingerprint density at radius 2 is 1.81 bits per heavy atom. The van der Waals surface area contributed by atoms with Gasteiger partial charge >= 0.3 is 0 Å². The molecule has 2 N–H and O–H groups in total. The van der Waals surface area contributed by atoms with Crippen LogP contribution >= 0.6 is 0 Å². The lowest BCUT2D eigenvalue weighted by atomic mass is 10.2. The number of ether oxygens (including phenoxy) is 1.